The average Bonchev–Trinajstić information content (AvgIpc) is 2.23. The maximum atomic E-state index is 12.1. The van der Waals surface area contributed by atoms with E-state index >= 15 is 0 Å². The molecule has 1 aromatic rings. The van der Waals surface area contributed by atoms with E-state index in [0.29, 0.717) is 6.42 Å². The van der Waals surface area contributed by atoms with Crippen LogP contribution in [0.15, 0.2) is 12.1 Å². The highest BCUT2D eigenvalue weighted by Crippen LogP contribution is 2.17. The molecule has 2 N–H and O–H groups in total. The van der Waals surface area contributed by atoms with Gasteiger partial charge >= 0.3 is 0 Å². The zero-order chi connectivity index (χ0) is 13.0. The molecule has 0 saturated heterocycles. The van der Waals surface area contributed by atoms with Gasteiger partial charge in [0, 0.05) is 18.0 Å². The third kappa shape index (κ3) is 3.67. The van der Waals surface area contributed by atoms with Gasteiger partial charge in [-0.1, -0.05) is 19.4 Å². The summed E-state index contributed by atoms with van der Waals surface area (Å²) in [6, 6.07) is 4.06. The van der Waals surface area contributed by atoms with Crippen LogP contribution in [0.4, 0.5) is 0 Å². The lowest BCUT2D eigenvalue weighted by Gasteiger charge is -2.12. The van der Waals surface area contributed by atoms with Crippen LogP contribution in [0.1, 0.15) is 53.2 Å². The minimum absolute atomic E-state index is 0.00601. The molecule has 2 nitrogen and oxygen atoms in total. The van der Waals surface area contributed by atoms with Gasteiger partial charge in [0.05, 0.1) is 0 Å². The topological polar surface area (TPSA) is 43.1 Å². The summed E-state index contributed by atoms with van der Waals surface area (Å²) >= 11 is 0. The Hall–Kier alpha value is -1.15. The summed E-state index contributed by atoms with van der Waals surface area (Å²) in [5.41, 5.74) is 10.2. The Balaban J connectivity index is 2.86. The van der Waals surface area contributed by atoms with Crippen molar-refractivity contribution in [2.45, 2.75) is 53.0 Å². The van der Waals surface area contributed by atoms with E-state index in [1.807, 2.05) is 19.9 Å². The molecule has 0 aliphatic carbocycles. The third-order valence-corrected chi connectivity index (χ3v) is 3.25. The van der Waals surface area contributed by atoms with Crippen LogP contribution in [0.25, 0.3) is 0 Å². The van der Waals surface area contributed by atoms with Crippen LogP contribution in [0, 0.1) is 20.8 Å². The molecule has 1 aromatic carbocycles. The molecule has 0 aliphatic rings. The molecular formula is C15H23NO. The lowest BCUT2D eigenvalue weighted by atomic mass is 9.94. The minimum Gasteiger partial charge on any atom is -0.327 e. The third-order valence-electron chi connectivity index (χ3n) is 3.25. The second kappa shape index (κ2) is 5.97. The van der Waals surface area contributed by atoms with Gasteiger partial charge in [-0.3, -0.25) is 4.79 Å². The molecule has 0 bridgehead atoms. The normalized spacial score (nSPS) is 12.5. The zero-order valence-corrected chi connectivity index (χ0v) is 11.3. The molecule has 1 atom stereocenters. The van der Waals surface area contributed by atoms with E-state index in [1.54, 1.807) is 0 Å². The van der Waals surface area contributed by atoms with Crippen molar-refractivity contribution in [2.75, 3.05) is 0 Å². The van der Waals surface area contributed by atoms with Crippen molar-refractivity contribution in [2.24, 2.45) is 5.73 Å². The van der Waals surface area contributed by atoms with Gasteiger partial charge in [0.25, 0.3) is 0 Å². The highest BCUT2D eigenvalue weighted by Gasteiger charge is 2.14. The van der Waals surface area contributed by atoms with Crippen molar-refractivity contribution in [3.05, 3.63) is 34.4 Å². The summed E-state index contributed by atoms with van der Waals surface area (Å²) < 4.78 is 0. The molecule has 0 aromatic heterocycles. The fourth-order valence-corrected chi connectivity index (χ4v) is 2.08. The lowest BCUT2D eigenvalue weighted by molar-refractivity contribution is 0.0972. The van der Waals surface area contributed by atoms with E-state index in [9.17, 15) is 4.79 Å². The molecule has 1 unspecified atom stereocenters. The monoisotopic (exact) mass is 233 g/mol. The van der Waals surface area contributed by atoms with E-state index in [2.05, 4.69) is 19.9 Å². The summed E-state index contributed by atoms with van der Waals surface area (Å²) in [5, 5.41) is 0. The average molecular weight is 233 g/mol. The van der Waals surface area contributed by atoms with Crippen LogP contribution in [0.5, 0.6) is 0 Å². The van der Waals surface area contributed by atoms with Crippen LogP contribution in [0.3, 0.4) is 0 Å². The number of hydrogen-bond donors (Lipinski definition) is 1. The largest absolute Gasteiger partial charge is 0.327 e. The Kier molecular flexibility index (Phi) is 4.88. The second-order valence-corrected chi connectivity index (χ2v) is 4.93. The standard InChI is InChI=1S/C15H23NO/c1-5-6-13(16)9-15(17)14-8-11(3)10(2)7-12(14)4/h7-8,13H,5-6,9,16H2,1-4H3. The number of aryl methyl sites for hydroxylation is 3. The van der Waals surface area contributed by atoms with Crippen molar-refractivity contribution in [1.82, 2.24) is 0 Å². The number of carbonyl (C=O) groups excluding carboxylic acids is 1. The Morgan fingerprint density at radius 2 is 1.76 bits per heavy atom. The highest BCUT2D eigenvalue weighted by atomic mass is 16.1. The summed E-state index contributed by atoms with van der Waals surface area (Å²) in [4.78, 5) is 12.1. The molecule has 0 fully saturated rings. The number of carbonyl (C=O) groups is 1. The van der Waals surface area contributed by atoms with Gasteiger partial charge in [-0.2, -0.15) is 0 Å². The quantitative estimate of drug-likeness (QED) is 0.793. The van der Waals surface area contributed by atoms with Gasteiger partial charge in [0.15, 0.2) is 5.78 Å². The first-order valence-corrected chi connectivity index (χ1v) is 6.32. The first-order valence-electron chi connectivity index (χ1n) is 6.32. The zero-order valence-electron chi connectivity index (χ0n) is 11.3. The number of benzene rings is 1. The van der Waals surface area contributed by atoms with Crippen LogP contribution < -0.4 is 5.73 Å². The number of rotatable bonds is 5. The molecule has 0 spiro atoms. The molecule has 0 amide bonds. The van der Waals surface area contributed by atoms with E-state index in [0.717, 1.165) is 24.0 Å². The predicted molar refractivity (Wildman–Crippen MR) is 72.5 cm³/mol. The fourth-order valence-electron chi connectivity index (χ4n) is 2.08. The second-order valence-electron chi connectivity index (χ2n) is 4.93. The van der Waals surface area contributed by atoms with Crippen LogP contribution in [0.2, 0.25) is 0 Å². The van der Waals surface area contributed by atoms with Crippen LogP contribution in [-0.2, 0) is 0 Å². The SMILES string of the molecule is CCCC(N)CC(=O)c1cc(C)c(C)cc1C. The van der Waals surface area contributed by atoms with Crippen molar-refractivity contribution < 1.29 is 4.79 Å². The molecule has 2 heteroatoms. The number of ketones is 1. The van der Waals surface area contributed by atoms with Gasteiger partial charge < -0.3 is 5.73 Å². The van der Waals surface area contributed by atoms with Crippen molar-refractivity contribution in [3.63, 3.8) is 0 Å². The van der Waals surface area contributed by atoms with E-state index < -0.39 is 0 Å². The number of Topliss-reactive ketones (excluding diaryl/α,β-unsaturated/α-hetero) is 1. The van der Waals surface area contributed by atoms with Crippen molar-refractivity contribution in [1.29, 1.82) is 0 Å². The fraction of sp³-hybridized carbons (Fsp3) is 0.533. The number of nitrogens with two attached hydrogens (primary N) is 1. The van der Waals surface area contributed by atoms with E-state index in [-0.39, 0.29) is 11.8 Å². The Morgan fingerprint density at radius 1 is 1.18 bits per heavy atom. The Morgan fingerprint density at radius 3 is 2.35 bits per heavy atom. The van der Waals surface area contributed by atoms with E-state index in [1.165, 1.54) is 11.1 Å². The van der Waals surface area contributed by atoms with Gasteiger partial charge in [0.1, 0.15) is 0 Å². The maximum absolute atomic E-state index is 12.1. The molecule has 0 saturated carbocycles. The molecule has 94 valence electrons. The summed E-state index contributed by atoms with van der Waals surface area (Å²) in [7, 11) is 0. The van der Waals surface area contributed by atoms with Crippen molar-refractivity contribution >= 4 is 5.78 Å². The molecule has 0 heterocycles. The summed E-state index contributed by atoms with van der Waals surface area (Å²) in [5.74, 6) is 0.173. The van der Waals surface area contributed by atoms with Crippen molar-refractivity contribution in [3.8, 4) is 0 Å². The molecule has 1 rings (SSSR count). The highest BCUT2D eigenvalue weighted by molar-refractivity contribution is 5.98. The first kappa shape index (κ1) is 13.9. The van der Waals surface area contributed by atoms with Gasteiger partial charge in [-0.25, -0.2) is 0 Å². The first-order chi connectivity index (χ1) is 7.95. The molecule has 17 heavy (non-hydrogen) atoms. The number of hydrogen-bond acceptors (Lipinski definition) is 2. The maximum Gasteiger partial charge on any atom is 0.164 e. The smallest absolute Gasteiger partial charge is 0.164 e. The summed E-state index contributed by atoms with van der Waals surface area (Å²) in [6.45, 7) is 8.19. The summed E-state index contributed by atoms with van der Waals surface area (Å²) in [6.07, 6.45) is 2.40. The van der Waals surface area contributed by atoms with Gasteiger partial charge in [-0.05, 0) is 49.9 Å². The van der Waals surface area contributed by atoms with Crippen LogP contribution >= 0.6 is 0 Å². The Bertz CT molecular complexity index is 410. The van der Waals surface area contributed by atoms with Gasteiger partial charge in [-0.15, -0.1) is 0 Å². The molecular weight excluding hydrogens is 210 g/mol. The van der Waals surface area contributed by atoms with Gasteiger partial charge in [0.2, 0.25) is 0 Å². The van der Waals surface area contributed by atoms with E-state index in [4.69, 9.17) is 5.73 Å². The lowest BCUT2D eigenvalue weighted by Crippen LogP contribution is -2.23. The molecule has 0 aliphatic heterocycles. The molecule has 0 radical (unpaired) electrons. The predicted octanol–water partition coefficient (Wildman–Crippen LogP) is 3.31. The van der Waals surface area contributed by atoms with Crippen LogP contribution in [-0.4, -0.2) is 11.8 Å². The minimum atomic E-state index is -0.00601. The Labute approximate surface area is 104 Å².